The number of thiophene rings is 1. The van der Waals surface area contributed by atoms with Crippen molar-refractivity contribution in [1.82, 2.24) is 5.32 Å². The Kier molecular flexibility index (Phi) is 5.72. The zero-order valence-electron chi connectivity index (χ0n) is 12.4. The summed E-state index contributed by atoms with van der Waals surface area (Å²) in [6.07, 6.45) is 1.02. The third-order valence-corrected chi connectivity index (χ3v) is 4.32. The van der Waals surface area contributed by atoms with Crippen LogP contribution in [-0.2, 0) is 16.0 Å². The van der Waals surface area contributed by atoms with Crippen molar-refractivity contribution in [2.24, 2.45) is 5.92 Å². The highest BCUT2D eigenvalue weighted by atomic mass is 32.1. The van der Waals surface area contributed by atoms with Crippen LogP contribution in [0.25, 0.3) is 0 Å². The third-order valence-electron chi connectivity index (χ3n) is 3.59. The van der Waals surface area contributed by atoms with E-state index in [0.717, 1.165) is 11.1 Å². The molecule has 1 aromatic heterocycles. The maximum Gasteiger partial charge on any atom is 0.308 e. The first kappa shape index (κ1) is 16.2. The van der Waals surface area contributed by atoms with Gasteiger partial charge >= 0.3 is 5.97 Å². The standard InChI is InChI=1S/C17H19NO3S/c1-12(17(20)21)16(14-5-3-2-4-6-14)18-15(19)8-7-13-9-10-22-11-13/h2-6,9-12,16H,7-8H2,1H3,(H,18,19)(H,20,21)/t12-,16-/m0/s1. The topological polar surface area (TPSA) is 66.4 Å². The molecule has 0 fully saturated rings. The minimum atomic E-state index is -0.924. The molecule has 2 aromatic rings. The molecule has 116 valence electrons. The summed E-state index contributed by atoms with van der Waals surface area (Å²) in [5, 5.41) is 16.1. The van der Waals surface area contributed by atoms with Crippen molar-refractivity contribution in [3.8, 4) is 0 Å². The Bertz CT molecular complexity index is 610. The third kappa shape index (κ3) is 4.43. The number of carbonyl (C=O) groups excluding carboxylic acids is 1. The van der Waals surface area contributed by atoms with Gasteiger partial charge in [0, 0.05) is 6.42 Å². The van der Waals surface area contributed by atoms with Crippen molar-refractivity contribution in [3.05, 3.63) is 58.3 Å². The molecular weight excluding hydrogens is 298 g/mol. The molecule has 0 aliphatic carbocycles. The van der Waals surface area contributed by atoms with E-state index in [0.29, 0.717) is 12.8 Å². The summed E-state index contributed by atoms with van der Waals surface area (Å²) in [4.78, 5) is 23.4. The minimum absolute atomic E-state index is 0.131. The van der Waals surface area contributed by atoms with E-state index in [4.69, 9.17) is 0 Å². The number of benzene rings is 1. The lowest BCUT2D eigenvalue weighted by Crippen LogP contribution is -2.35. The lowest BCUT2D eigenvalue weighted by atomic mass is 9.94. The predicted molar refractivity (Wildman–Crippen MR) is 86.8 cm³/mol. The zero-order chi connectivity index (χ0) is 15.9. The molecule has 0 aliphatic rings. The van der Waals surface area contributed by atoms with Crippen LogP contribution in [0.1, 0.15) is 30.5 Å². The number of carbonyl (C=O) groups is 2. The molecule has 1 aromatic carbocycles. The summed E-state index contributed by atoms with van der Waals surface area (Å²) >= 11 is 1.60. The smallest absolute Gasteiger partial charge is 0.308 e. The fourth-order valence-corrected chi connectivity index (χ4v) is 2.94. The van der Waals surface area contributed by atoms with Gasteiger partial charge < -0.3 is 10.4 Å². The van der Waals surface area contributed by atoms with Gasteiger partial charge in [-0.15, -0.1) is 0 Å². The molecule has 2 atom stereocenters. The van der Waals surface area contributed by atoms with Crippen molar-refractivity contribution in [2.45, 2.75) is 25.8 Å². The molecule has 0 aliphatic heterocycles. The highest BCUT2D eigenvalue weighted by Gasteiger charge is 2.26. The molecule has 0 saturated heterocycles. The van der Waals surface area contributed by atoms with Gasteiger partial charge in [-0.1, -0.05) is 30.3 Å². The van der Waals surface area contributed by atoms with E-state index in [2.05, 4.69) is 5.32 Å². The number of aryl methyl sites for hydroxylation is 1. The number of nitrogens with one attached hydrogen (secondary N) is 1. The largest absolute Gasteiger partial charge is 0.481 e. The summed E-state index contributed by atoms with van der Waals surface area (Å²) < 4.78 is 0. The molecule has 4 nitrogen and oxygen atoms in total. The van der Waals surface area contributed by atoms with Crippen LogP contribution in [-0.4, -0.2) is 17.0 Å². The number of carboxylic acids is 1. The quantitative estimate of drug-likeness (QED) is 0.823. The Morgan fingerprint density at radius 3 is 2.55 bits per heavy atom. The highest BCUT2D eigenvalue weighted by molar-refractivity contribution is 7.07. The average molecular weight is 317 g/mol. The van der Waals surface area contributed by atoms with E-state index < -0.39 is 17.9 Å². The number of rotatable bonds is 7. The average Bonchev–Trinajstić information content (AvgIpc) is 3.04. The van der Waals surface area contributed by atoms with Crippen molar-refractivity contribution >= 4 is 23.2 Å². The number of aliphatic carboxylic acids is 1. The van der Waals surface area contributed by atoms with Crippen molar-refractivity contribution < 1.29 is 14.7 Å². The van der Waals surface area contributed by atoms with E-state index in [9.17, 15) is 14.7 Å². The monoisotopic (exact) mass is 317 g/mol. The van der Waals surface area contributed by atoms with Crippen molar-refractivity contribution in [2.75, 3.05) is 0 Å². The first-order chi connectivity index (χ1) is 10.6. The van der Waals surface area contributed by atoms with Crippen LogP contribution in [0.5, 0.6) is 0 Å². The predicted octanol–water partition coefficient (Wildman–Crippen LogP) is 3.26. The molecule has 0 bridgehead atoms. The van der Waals surface area contributed by atoms with Crippen LogP contribution < -0.4 is 5.32 Å². The summed E-state index contributed by atoms with van der Waals surface area (Å²) in [7, 11) is 0. The van der Waals surface area contributed by atoms with Crippen LogP contribution >= 0.6 is 11.3 Å². The molecule has 1 heterocycles. The lowest BCUT2D eigenvalue weighted by molar-refractivity contribution is -0.142. The van der Waals surface area contributed by atoms with E-state index >= 15 is 0 Å². The van der Waals surface area contributed by atoms with Crippen LogP contribution in [0.4, 0.5) is 0 Å². The summed E-state index contributed by atoms with van der Waals surface area (Å²) in [5.74, 6) is -1.74. The van der Waals surface area contributed by atoms with Gasteiger partial charge in [0.25, 0.3) is 0 Å². The molecule has 2 N–H and O–H groups in total. The van der Waals surface area contributed by atoms with Gasteiger partial charge in [0.05, 0.1) is 12.0 Å². The van der Waals surface area contributed by atoms with Gasteiger partial charge in [-0.3, -0.25) is 9.59 Å². The van der Waals surface area contributed by atoms with Crippen molar-refractivity contribution in [3.63, 3.8) is 0 Å². The fraction of sp³-hybridized carbons (Fsp3) is 0.294. The van der Waals surface area contributed by atoms with Crippen molar-refractivity contribution in [1.29, 1.82) is 0 Å². The van der Waals surface area contributed by atoms with Gasteiger partial charge in [-0.25, -0.2) is 0 Å². The highest BCUT2D eigenvalue weighted by Crippen LogP contribution is 2.22. The molecule has 0 radical (unpaired) electrons. The van der Waals surface area contributed by atoms with Gasteiger partial charge in [-0.05, 0) is 41.3 Å². The van der Waals surface area contributed by atoms with E-state index in [1.165, 1.54) is 0 Å². The SMILES string of the molecule is C[C@H](C(=O)O)[C@H](NC(=O)CCc1ccsc1)c1ccccc1. The number of amides is 1. The van der Waals surface area contributed by atoms with E-state index in [1.54, 1.807) is 18.3 Å². The lowest BCUT2D eigenvalue weighted by Gasteiger charge is -2.23. The molecule has 0 spiro atoms. The van der Waals surface area contributed by atoms with Crippen LogP contribution in [0, 0.1) is 5.92 Å². The Labute approximate surface area is 133 Å². The number of hydrogen-bond donors (Lipinski definition) is 2. The second-order valence-electron chi connectivity index (χ2n) is 5.21. The van der Waals surface area contributed by atoms with Crippen LogP contribution in [0.2, 0.25) is 0 Å². The summed E-state index contributed by atoms with van der Waals surface area (Å²) in [6.45, 7) is 1.61. The Morgan fingerprint density at radius 2 is 1.95 bits per heavy atom. The van der Waals surface area contributed by atoms with Crippen LogP contribution in [0.15, 0.2) is 47.2 Å². The van der Waals surface area contributed by atoms with E-state index in [-0.39, 0.29) is 5.91 Å². The zero-order valence-corrected chi connectivity index (χ0v) is 13.2. The molecular formula is C17H19NO3S. The summed E-state index contributed by atoms with van der Waals surface area (Å²) in [6, 6.07) is 10.7. The molecule has 0 saturated carbocycles. The Hall–Kier alpha value is -2.14. The van der Waals surface area contributed by atoms with Gasteiger partial charge in [0.2, 0.25) is 5.91 Å². The Balaban J connectivity index is 2.02. The molecule has 0 unspecified atom stereocenters. The maximum atomic E-state index is 12.1. The van der Waals surface area contributed by atoms with E-state index in [1.807, 2.05) is 47.2 Å². The Morgan fingerprint density at radius 1 is 1.23 bits per heavy atom. The molecule has 1 amide bonds. The molecule has 2 rings (SSSR count). The van der Waals surface area contributed by atoms with Gasteiger partial charge in [-0.2, -0.15) is 11.3 Å². The maximum absolute atomic E-state index is 12.1. The number of carboxylic acid groups (broad SMARTS) is 1. The normalized spacial score (nSPS) is 13.3. The molecule has 5 heteroatoms. The van der Waals surface area contributed by atoms with Gasteiger partial charge in [0.1, 0.15) is 0 Å². The second kappa shape index (κ2) is 7.75. The molecule has 22 heavy (non-hydrogen) atoms. The fourth-order valence-electron chi connectivity index (χ4n) is 2.24. The minimum Gasteiger partial charge on any atom is -0.481 e. The van der Waals surface area contributed by atoms with Gasteiger partial charge in [0.15, 0.2) is 0 Å². The van der Waals surface area contributed by atoms with Crippen LogP contribution in [0.3, 0.4) is 0 Å². The summed E-state index contributed by atoms with van der Waals surface area (Å²) in [5.41, 5.74) is 1.93. The first-order valence-electron chi connectivity index (χ1n) is 7.16. The first-order valence-corrected chi connectivity index (χ1v) is 8.10. The second-order valence-corrected chi connectivity index (χ2v) is 5.99. The number of hydrogen-bond acceptors (Lipinski definition) is 3.